The van der Waals surface area contributed by atoms with Crippen LogP contribution >= 0.6 is 0 Å². The van der Waals surface area contributed by atoms with Gasteiger partial charge in [-0.1, -0.05) is 6.42 Å². The van der Waals surface area contributed by atoms with Crippen molar-refractivity contribution in [3.05, 3.63) is 24.5 Å². The molecule has 0 aliphatic carbocycles. The maximum atomic E-state index is 4.45. The van der Waals surface area contributed by atoms with Crippen molar-refractivity contribution in [2.24, 2.45) is 0 Å². The minimum atomic E-state index is 0.554. The summed E-state index contributed by atoms with van der Waals surface area (Å²) in [5, 5.41) is 6.87. The highest BCUT2D eigenvalue weighted by Crippen LogP contribution is 2.11. The van der Waals surface area contributed by atoms with Crippen LogP contribution in [0.2, 0.25) is 0 Å². The molecule has 2 aromatic rings. The number of anilines is 1. The van der Waals surface area contributed by atoms with E-state index >= 15 is 0 Å². The zero-order valence-corrected chi connectivity index (χ0v) is 10.3. The second kappa shape index (κ2) is 5.27. The van der Waals surface area contributed by atoms with Crippen LogP contribution in [0.1, 0.15) is 19.3 Å². The maximum absolute atomic E-state index is 4.45. The van der Waals surface area contributed by atoms with Gasteiger partial charge in [0.2, 0.25) is 0 Å². The normalized spacial score (nSPS) is 19.9. The van der Waals surface area contributed by atoms with E-state index in [-0.39, 0.29) is 0 Å². The largest absolute Gasteiger partial charge is 0.368 e. The van der Waals surface area contributed by atoms with E-state index in [0.717, 1.165) is 24.4 Å². The van der Waals surface area contributed by atoms with Crippen molar-refractivity contribution >= 4 is 17.0 Å². The molecule has 1 atom stereocenters. The molecule has 1 fully saturated rings. The van der Waals surface area contributed by atoms with Crippen LogP contribution in [0.25, 0.3) is 11.2 Å². The molecule has 5 nitrogen and oxygen atoms in total. The molecule has 0 bridgehead atoms. The highest BCUT2D eigenvalue weighted by molar-refractivity contribution is 5.71. The standard InChI is InChI=1S/C13H17N5/c1-2-6-14-10(3-1)9-17-12-5-4-11-13(18-12)16-8-7-15-11/h4-5,7-8,10,14H,1-3,6,9H2,(H,16,17,18). The van der Waals surface area contributed by atoms with E-state index in [0.29, 0.717) is 11.7 Å². The van der Waals surface area contributed by atoms with Gasteiger partial charge in [0.05, 0.1) is 0 Å². The minimum Gasteiger partial charge on any atom is -0.368 e. The Morgan fingerprint density at radius 1 is 1.22 bits per heavy atom. The van der Waals surface area contributed by atoms with E-state index in [2.05, 4.69) is 25.6 Å². The Hall–Kier alpha value is -1.75. The summed E-state index contributed by atoms with van der Waals surface area (Å²) in [7, 11) is 0. The number of hydrogen-bond donors (Lipinski definition) is 2. The van der Waals surface area contributed by atoms with Gasteiger partial charge in [-0.05, 0) is 31.5 Å². The summed E-state index contributed by atoms with van der Waals surface area (Å²) in [6.07, 6.45) is 7.20. The first-order chi connectivity index (χ1) is 8.92. The fourth-order valence-corrected chi connectivity index (χ4v) is 2.28. The molecular weight excluding hydrogens is 226 g/mol. The first kappa shape index (κ1) is 11.3. The van der Waals surface area contributed by atoms with Gasteiger partial charge in [-0.2, -0.15) is 0 Å². The molecule has 0 amide bonds. The predicted octanol–water partition coefficient (Wildman–Crippen LogP) is 1.58. The van der Waals surface area contributed by atoms with E-state index < -0.39 is 0 Å². The molecule has 1 saturated heterocycles. The summed E-state index contributed by atoms with van der Waals surface area (Å²) in [5.41, 5.74) is 1.53. The number of nitrogens with zero attached hydrogens (tertiary/aromatic N) is 3. The SMILES string of the molecule is c1cnc2nc(NCC3CCCCN3)ccc2n1. The van der Waals surface area contributed by atoms with Crippen molar-refractivity contribution < 1.29 is 0 Å². The number of rotatable bonds is 3. The first-order valence-electron chi connectivity index (χ1n) is 6.47. The van der Waals surface area contributed by atoms with Crippen LogP contribution in [-0.4, -0.2) is 34.1 Å². The van der Waals surface area contributed by atoms with E-state index in [1.807, 2.05) is 12.1 Å². The molecule has 1 aliphatic rings. The van der Waals surface area contributed by atoms with Crippen LogP contribution in [0.3, 0.4) is 0 Å². The van der Waals surface area contributed by atoms with Crippen LogP contribution in [0, 0.1) is 0 Å². The number of aromatic nitrogens is 3. The third-order valence-electron chi connectivity index (χ3n) is 3.27. The number of hydrogen-bond acceptors (Lipinski definition) is 5. The third-order valence-corrected chi connectivity index (χ3v) is 3.27. The van der Waals surface area contributed by atoms with Crippen LogP contribution in [0.5, 0.6) is 0 Å². The lowest BCUT2D eigenvalue weighted by Crippen LogP contribution is -2.39. The van der Waals surface area contributed by atoms with E-state index in [1.54, 1.807) is 12.4 Å². The maximum Gasteiger partial charge on any atom is 0.180 e. The van der Waals surface area contributed by atoms with E-state index in [9.17, 15) is 0 Å². The molecule has 1 aliphatic heterocycles. The first-order valence-corrected chi connectivity index (χ1v) is 6.47. The monoisotopic (exact) mass is 243 g/mol. The summed E-state index contributed by atoms with van der Waals surface area (Å²) >= 11 is 0. The second-order valence-corrected chi connectivity index (χ2v) is 4.62. The molecule has 0 saturated carbocycles. The number of piperidine rings is 1. The van der Waals surface area contributed by atoms with Crippen molar-refractivity contribution in [3.8, 4) is 0 Å². The molecule has 94 valence electrons. The Morgan fingerprint density at radius 3 is 3.06 bits per heavy atom. The smallest absolute Gasteiger partial charge is 0.180 e. The van der Waals surface area contributed by atoms with Crippen LogP contribution < -0.4 is 10.6 Å². The van der Waals surface area contributed by atoms with Gasteiger partial charge < -0.3 is 10.6 Å². The third kappa shape index (κ3) is 2.56. The summed E-state index contributed by atoms with van der Waals surface area (Å²) in [6, 6.07) is 4.46. The van der Waals surface area contributed by atoms with Gasteiger partial charge in [-0.25, -0.2) is 9.97 Å². The van der Waals surface area contributed by atoms with Gasteiger partial charge in [-0.3, -0.25) is 4.98 Å². The van der Waals surface area contributed by atoms with Crippen molar-refractivity contribution in [2.45, 2.75) is 25.3 Å². The predicted molar refractivity (Wildman–Crippen MR) is 71.5 cm³/mol. The Bertz CT molecular complexity index is 522. The van der Waals surface area contributed by atoms with Gasteiger partial charge in [0.1, 0.15) is 11.3 Å². The van der Waals surface area contributed by atoms with E-state index in [4.69, 9.17) is 0 Å². The molecule has 0 spiro atoms. The van der Waals surface area contributed by atoms with Crippen molar-refractivity contribution in [1.82, 2.24) is 20.3 Å². The van der Waals surface area contributed by atoms with Crippen LogP contribution in [0.4, 0.5) is 5.82 Å². The zero-order chi connectivity index (χ0) is 12.2. The average Bonchev–Trinajstić information content (AvgIpc) is 2.46. The molecule has 2 N–H and O–H groups in total. The number of fused-ring (bicyclic) bond motifs is 1. The lowest BCUT2D eigenvalue weighted by atomic mass is 10.1. The molecule has 0 radical (unpaired) electrons. The summed E-state index contributed by atoms with van der Waals surface area (Å²) in [6.45, 7) is 2.04. The Balaban J connectivity index is 1.66. The number of nitrogens with one attached hydrogen (secondary N) is 2. The van der Waals surface area contributed by atoms with Gasteiger partial charge >= 0.3 is 0 Å². The molecule has 1 unspecified atom stereocenters. The lowest BCUT2D eigenvalue weighted by Gasteiger charge is -2.23. The molecule has 0 aromatic carbocycles. The molecule has 5 heteroatoms. The van der Waals surface area contributed by atoms with Gasteiger partial charge in [0.15, 0.2) is 5.65 Å². The van der Waals surface area contributed by atoms with Gasteiger partial charge in [0, 0.05) is 25.0 Å². The highest BCUT2D eigenvalue weighted by Gasteiger charge is 2.12. The lowest BCUT2D eigenvalue weighted by molar-refractivity contribution is 0.414. The van der Waals surface area contributed by atoms with Crippen molar-refractivity contribution in [3.63, 3.8) is 0 Å². The topological polar surface area (TPSA) is 62.7 Å². The molecule has 18 heavy (non-hydrogen) atoms. The van der Waals surface area contributed by atoms with Crippen LogP contribution in [-0.2, 0) is 0 Å². The molecule has 3 heterocycles. The second-order valence-electron chi connectivity index (χ2n) is 4.62. The Kier molecular flexibility index (Phi) is 3.32. The van der Waals surface area contributed by atoms with Crippen LogP contribution in [0.15, 0.2) is 24.5 Å². The summed E-state index contributed by atoms with van der Waals surface area (Å²) in [5.74, 6) is 0.871. The quantitative estimate of drug-likeness (QED) is 0.857. The van der Waals surface area contributed by atoms with Crippen molar-refractivity contribution in [1.29, 1.82) is 0 Å². The molecule has 3 rings (SSSR count). The van der Waals surface area contributed by atoms with Gasteiger partial charge in [-0.15, -0.1) is 0 Å². The summed E-state index contributed by atoms with van der Waals surface area (Å²) < 4.78 is 0. The fourth-order valence-electron chi connectivity index (χ4n) is 2.28. The minimum absolute atomic E-state index is 0.554. The molecule has 2 aromatic heterocycles. The number of pyridine rings is 1. The fraction of sp³-hybridized carbons (Fsp3) is 0.462. The van der Waals surface area contributed by atoms with Crippen molar-refractivity contribution in [2.75, 3.05) is 18.4 Å². The highest BCUT2D eigenvalue weighted by atomic mass is 15.1. The van der Waals surface area contributed by atoms with E-state index in [1.165, 1.54) is 19.3 Å². The average molecular weight is 243 g/mol. The van der Waals surface area contributed by atoms with Gasteiger partial charge in [0.25, 0.3) is 0 Å². The Labute approximate surface area is 106 Å². The summed E-state index contributed by atoms with van der Waals surface area (Å²) in [4.78, 5) is 12.9. The Morgan fingerprint density at radius 2 is 2.17 bits per heavy atom. The molecular formula is C13H17N5. The zero-order valence-electron chi connectivity index (χ0n) is 10.3.